The topological polar surface area (TPSA) is 68.9 Å². The number of anilines is 1. The van der Waals surface area contributed by atoms with Crippen LogP contribution in [0.3, 0.4) is 0 Å². The lowest BCUT2D eigenvalue weighted by Crippen LogP contribution is -2.17. The molecule has 2 aromatic carbocycles. The van der Waals surface area contributed by atoms with E-state index in [4.69, 9.17) is 0 Å². The number of benzene rings is 2. The van der Waals surface area contributed by atoms with Gasteiger partial charge >= 0.3 is 0 Å². The first-order valence-electron chi connectivity index (χ1n) is 9.32. The number of amides is 1. The Hall–Kier alpha value is -3.19. The smallest absolute Gasteiger partial charge is 0.282 e. The van der Waals surface area contributed by atoms with Crippen molar-refractivity contribution in [1.29, 1.82) is 0 Å². The second-order valence-corrected chi connectivity index (χ2v) is 7.60. The summed E-state index contributed by atoms with van der Waals surface area (Å²) in [4.78, 5) is 26.0. The van der Waals surface area contributed by atoms with Crippen LogP contribution in [0.4, 0.5) is 5.69 Å². The molecule has 0 radical (unpaired) electrons. The molecule has 7 heteroatoms. The molecule has 0 atom stereocenters. The molecule has 0 spiro atoms. The van der Waals surface area contributed by atoms with Gasteiger partial charge in [0, 0.05) is 29.1 Å². The fraction of sp³-hybridized carbons (Fsp3) is 0.136. The number of carbonyl (C=O) groups is 1. The molecule has 0 aliphatic carbocycles. The summed E-state index contributed by atoms with van der Waals surface area (Å²) >= 11 is 3.39. The molecular weight excluding hydrogens is 432 g/mol. The average molecular weight is 451 g/mol. The molecule has 0 bridgehead atoms. The van der Waals surface area contributed by atoms with Crippen LogP contribution >= 0.6 is 15.9 Å². The number of aryl methyl sites for hydroxylation is 1. The van der Waals surface area contributed by atoms with E-state index >= 15 is 0 Å². The molecule has 0 saturated heterocycles. The third-order valence-corrected chi connectivity index (χ3v) is 5.08. The Kier molecular flexibility index (Phi) is 5.31. The van der Waals surface area contributed by atoms with E-state index in [-0.39, 0.29) is 11.5 Å². The number of nitrogens with one attached hydrogen (secondary N) is 1. The minimum Gasteiger partial charge on any atom is -0.353 e. The van der Waals surface area contributed by atoms with Crippen LogP contribution in [0.2, 0.25) is 0 Å². The van der Waals surface area contributed by atoms with E-state index in [1.54, 1.807) is 12.4 Å². The summed E-state index contributed by atoms with van der Waals surface area (Å²) in [5, 5.41) is 7.37. The van der Waals surface area contributed by atoms with Crippen molar-refractivity contribution in [3.8, 4) is 16.9 Å². The number of aromatic nitrogens is 3. The minimum absolute atomic E-state index is 0.241. The van der Waals surface area contributed by atoms with E-state index in [2.05, 4.69) is 26.3 Å². The van der Waals surface area contributed by atoms with Crippen LogP contribution in [0, 0.1) is 0 Å². The minimum atomic E-state index is -0.305. The number of hydrogen-bond acceptors (Lipinski definition) is 3. The second-order valence-electron chi connectivity index (χ2n) is 6.69. The molecule has 2 aromatic rings. The highest BCUT2D eigenvalue weighted by Crippen LogP contribution is 2.24. The third kappa shape index (κ3) is 3.86. The first kappa shape index (κ1) is 19.1. The van der Waals surface area contributed by atoms with E-state index < -0.39 is 0 Å². The van der Waals surface area contributed by atoms with Crippen molar-refractivity contribution in [2.75, 3.05) is 5.32 Å². The van der Waals surface area contributed by atoms with Crippen molar-refractivity contribution >= 4 is 27.5 Å². The van der Waals surface area contributed by atoms with Crippen LogP contribution in [-0.4, -0.2) is 20.3 Å². The molecule has 6 nitrogen and oxygen atoms in total. The van der Waals surface area contributed by atoms with Crippen molar-refractivity contribution in [2.45, 2.75) is 19.9 Å². The fourth-order valence-corrected chi connectivity index (χ4v) is 3.45. The SMILES string of the molecule is CCCn1cc(C(=O)Nc2ccc(Br)cc2)c2nn(-c3ccccc3)c(=O)c-2c1. The number of carbonyl (C=O) groups excluding carboxylic acids is 1. The highest BCUT2D eigenvalue weighted by Gasteiger charge is 2.24. The molecule has 0 fully saturated rings. The van der Waals surface area contributed by atoms with E-state index in [0.717, 1.165) is 10.9 Å². The maximum atomic E-state index is 13.0. The fourth-order valence-electron chi connectivity index (χ4n) is 3.19. The quantitative estimate of drug-likeness (QED) is 0.484. The second kappa shape index (κ2) is 8.05. The summed E-state index contributed by atoms with van der Waals surface area (Å²) in [7, 11) is 0. The van der Waals surface area contributed by atoms with E-state index in [1.165, 1.54) is 4.68 Å². The third-order valence-electron chi connectivity index (χ3n) is 4.55. The summed E-state index contributed by atoms with van der Waals surface area (Å²) in [6, 6.07) is 16.5. The lowest BCUT2D eigenvalue weighted by Gasteiger charge is -2.12. The predicted octanol–water partition coefficient (Wildman–Crippen LogP) is 4.56. The molecule has 2 heterocycles. The van der Waals surface area contributed by atoms with Gasteiger partial charge in [0.25, 0.3) is 11.5 Å². The zero-order chi connectivity index (χ0) is 20.4. The molecule has 1 amide bonds. The lowest BCUT2D eigenvalue weighted by atomic mass is 10.1. The van der Waals surface area contributed by atoms with Gasteiger partial charge in [-0.2, -0.15) is 9.78 Å². The summed E-state index contributed by atoms with van der Waals surface area (Å²) in [5.74, 6) is -0.305. The maximum Gasteiger partial charge on any atom is 0.282 e. The monoisotopic (exact) mass is 450 g/mol. The Morgan fingerprint density at radius 1 is 1.07 bits per heavy atom. The van der Waals surface area contributed by atoms with Crippen LogP contribution in [0.1, 0.15) is 23.7 Å². The van der Waals surface area contributed by atoms with Crippen LogP contribution < -0.4 is 10.9 Å². The molecular formula is C22H19BrN4O2. The van der Waals surface area contributed by atoms with Gasteiger partial charge in [0.2, 0.25) is 0 Å². The highest BCUT2D eigenvalue weighted by molar-refractivity contribution is 9.10. The van der Waals surface area contributed by atoms with Gasteiger partial charge in [0.05, 0.1) is 16.8 Å². The van der Waals surface area contributed by atoms with Crippen LogP contribution in [-0.2, 0) is 6.54 Å². The van der Waals surface area contributed by atoms with Crippen molar-refractivity contribution < 1.29 is 4.79 Å². The van der Waals surface area contributed by atoms with E-state index in [1.807, 2.05) is 66.1 Å². The highest BCUT2D eigenvalue weighted by atomic mass is 79.9. The number of rotatable bonds is 5. The number of fused-ring (bicyclic) bond motifs is 1. The van der Waals surface area contributed by atoms with Gasteiger partial charge in [-0.3, -0.25) is 9.59 Å². The zero-order valence-electron chi connectivity index (χ0n) is 15.8. The lowest BCUT2D eigenvalue weighted by molar-refractivity contribution is 0.102. The molecule has 4 rings (SSSR count). The van der Waals surface area contributed by atoms with Gasteiger partial charge in [-0.05, 0) is 42.8 Å². The molecule has 2 aliphatic heterocycles. The average Bonchev–Trinajstić information content (AvgIpc) is 3.07. The molecule has 1 N–H and O–H groups in total. The molecule has 146 valence electrons. The van der Waals surface area contributed by atoms with Gasteiger partial charge in [-0.15, -0.1) is 0 Å². The Morgan fingerprint density at radius 2 is 1.79 bits per heavy atom. The molecule has 0 aromatic heterocycles. The van der Waals surface area contributed by atoms with Gasteiger partial charge in [0.1, 0.15) is 5.69 Å². The number of hydrogen-bond donors (Lipinski definition) is 1. The summed E-state index contributed by atoms with van der Waals surface area (Å²) in [5.41, 5.74) is 2.27. The van der Waals surface area contributed by atoms with Crippen molar-refractivity contribution in [3.63, 3.8) is 0 Å². The number of halogens is 1. The van der Waals surface area contributed by atoms with Gasteiger partial charge in [-0.1, -0.05) is 41.1 Å². The first-order chi connectivity index (χ1) is 14.1. The first-order valence-corrected chi connectivity index (χ1v) is 10.1. The van der Waals surface area contributed by atoms with Crippen molar-refractivity contribution in [2.24, 2.45) is 0 Å². The van der Waals surface area contributed by atoms with Gasteiger partial charge in [-0.25, -0.2) is 0 Å². The van der Waals surface area contributed by atoms with E-state index in [0.29, 0.717) is 34.7 Å². The molecule has 29 heavy (non-hydrogen) atoms. The Labute approximate surface area is 176 Å². The summed E-state index contributed by atoms with van der Waals surface area (Å²) in [6.07, 6.45) is 4.40. The Balaban J connectivity index is 1.82. The zero-order valence-corrected chi connectivity index (χ0v) is 17.4. The standard InChI is InChI=1S/C22H19BrN4O2/c1-2-12-26-13-18(21(28)24-16-10-8-15(23)9-11-16)20-19(14-26)22(29)27(25-20)17-6-4-3-5-7-17/h3-11,13-14H,2,12H2,1H3,(H,24,28). The van der Waals surface area contributed by atoms with Gasteiger partial charge < -0.3 is 9.88 Å². The van der Waals surface area contributed by atoms with Crippen LogP contribution in [0.15, 0.2) is 76.3 Å². The Morgan fingerprint density at radius 3 is 2.48 bits per heavy atom. The summed E-state index contributed by atoms with van der Waals surface area (Å²) in [6.45, 7) is 2.74. The predicted molar refractivity (Wildman–Crippen MR) is 117 cm³/mol. The Bertz CT molecular complexity index is 1180. The number of para-hydroxylation sites is 1. The van der Waals surface area contributed by atoms with Crippen molar-refractivity contribution in [3.05, 3.63) is 87.4 Å². The molecule has 2 aliphatic rings. The van der Waals surface area contributed by atoms with Crippen molar-refractivity contribution in [1.82, 2.24) is 14.3 Å². The normalized spacial score (nSPS) is 11.0. The number of pyridine rings is 1. The van der Waals surface area contributed by atoms with Crippen LogP contribution in [0.5, 0.6) is 0 Å². The maximum absolute atomic E-state index is 13.0. The van der Waals surface area contributed by atoms with E-state index in [9.17, 15) is 9.59 Å². The number of nitrogens with zero attached hydrogens (tertiary/aromatic N) is 3. The summed E-state index contributed by atoms with van der Waals surface area (Å²) < 4.78 is 4.14. The molecule has 0 saturated carbocycles. The van der Waals surface area contributed by atoms with Gasteiger partial charge in [0.15, 0.2) is 0 Å². The molecule has 0 unspecified atom stereocenters. The largest absolute Gasteiger partial charge is 0.353 e. The van der Waals surface area contributed by atoms with Crippen LogP contribution in [0.25, 0.3) is 16.9 Å².